The monoisotopic (exact) mass is 411 g/mol. The zero-order valence-corrected chi connectivity index (χ0v) is 16.2. The smallest absolute Gasteiger partial charge is 0.271 e. The van der Waals surface area contributed by atoms with Gasteiger partial charge in [0.2, 0.25) is 0 Å². The Morgan fingerprint density at radius 2 is 1.90 bits per heavy atom. The fourth-order valence-corrected chi connectivity index (χ4v) is 2.80. The molecule has 0 saturated carbocycles. The first-order valence-corrected chi connectivity index (χ1v) is 9.04. The fourth-order valence-electron chi connectivity index (χ4n) is 2.62. The molecule has 0 radical (unpaired) electrons. The average molecular weight is 412 g/mol. The van der Waals surface area contributed by atoms with Crippen molar-refractivity contribution in [1.29, 1.82) is 0 Å². The van der Waals surface area contributed by atoms with Crippen molar-refractivity contribution in [1.82, 2.24) is 10.7 Å². The molecule has 0 saturated heterocycles. The largest absolute Gasteiger partial charge is 0.506 e. The molecule has 0 bridgehead atoms. The van der Waals surface area contributed by atoms with Gasteiger partial charge in [0, 0.05) is 23.6 Å². The molecular weight excluding hydrogens is 394 g/mol. The first kappa shape index (κ1) is 20.2. The second-order valence-corrected chi connectivity index (χ2v) is 6.43. The molecule has 0 atom stereocenters. The lowest BCUT2D eigenvalue weighted by molar-refractivity contribution is -0.122. The third kappa shape index (κ3) is 4.83. The van der Waals surface area contributed by atoms with E-state index in [2.05, 4.69) is 15.8 Å². The molecule has 0 aliphatic heterocycles. The molecule has 29 heavy (non-hydrogen) atoms. The summed E-state index contributed by atoms with van der Waals surface area (Å²) in [7, 11) is 1.55. The van der Waals surface area contributed by atoms with Crippen LogP contribution >= 0.6 is 11.6 Å². The van der Waals surface area contributed by atoms with Crippen LogP contribution in [0, 0.1) is 0 Å². The van der Waals surface area contributed by atoms with Crippen LogP contribution in [0.5, 0.6) is 11.5 Å². The van der Waals surface area contributed by atoms with Gasteiger partial charge in [0.1, 0.15) is 11.5 Å². The molecule has 3 rings (SSSR count). The number of rotatable bonds is 6. The zero-order valence-electron chi connectivity index (χ0n) is 15.5. The molecule has 7 nitrogen and oxygen atoms in total. The van der Waals surface area contributed by atoms with Crippen molar-refractivity contribution in [2.24, 2.45) is 5.10 Å². The Balaban J connectivity index is 1.78. The van der Waals surface area contributed by atoms with Crippen molar-refractivity contribution in [3.63, 3.8) is 0 Å². The van der Waals surface area contributed by atoms with Crippen LogP contribution in [-0.4, -0.2) is 36.8 Å². The topological polar surface area (TPSA) is 100 Å². The Morgan fingerprint density at radius 3 is 2.62 bits per heavy atom. The van der Waals surface area contributed by atoms with Crippen molar-refractivity contribution in [3.8, 4) is 11.5 Å². The van der Waals surface area contributed by atoms with Crippen molar-refractivity contribution in [2.45, 2.75) is 0 Å². The molecule has 8 heteroatoms. The number of hydrogen-bond acceptors (Lipinski definition) is 5. The lowest BCUT2D eigenvalue weighted by atomic mass is 10.0. The third-order valence-corrected chi connectivity index (χ3v) is 4.44. The van der Waals surface area contributed by atoms with Gasteiger partial charge in [-0.2, -0.15) is 5.10 Å². The highest BCUT2D eigenvalue weighted by Gasteiger charge is 2.09. The maximum atomic E-state index is 12.2. The molecule has 0 aromatic heterocycles. The summed E-state index contributed by atoms with van der Waals surface area (Å²) in [5, 5.41) is 17.7. The number of likely N-dealkylation sites (N-methyl/N-ethyl adjacent to an activating group) is 1. The van der Waals surface area contributed by atoms with E-state index in [0.717, 1.165) is 16.3 Å². The van der Waals surface area contributed by atoms with Crippen molar-refractivity contribution in [2.75, 3.05) is 13.7 Å². The van der Waals surface area contributed by atoms with Gasteiger partial charge in [0.15, 0.2) is 6.61 Å². The van der Waals surface area contributed by atoms with Gasteiger partial charge in [0.05, 0.1) is 11.2 Å². The Morgan fingerprint density at radius 1 is 1.14 bits per heavy atom. The van der Waals surface area contributed by atoms with E-state index in [9.17, 15) is 14.7 Å². The summed E-state index contributed by atoms with van der Waals surface area (Å²) in [5.74, 6) is -0.212. The molecule has 0 heterocycles. The second-order valence-electron chi connectivity index (χ2n) is 6.03. The summed E-state index contributed by atoms with van der Waals surface area (Å²) in [5.41, 5.74) is 3.46. The predicted molar refractivity (Wildman–Crippen MR) is 112 cm³/mol. The van der Waals surface area contributed by atoms with Crippen molar-refractivity contribution >= 4 is 40.4 Å². The molecular formula is C21H18ClN3O4. The summed E-state index contributed by atoms with van der Waals surface area (Å²) in [6, 6.07) is 15.2. The number of hydrogen-bond donors (Lipinski definition) is 3. The van der Waals surface area contributed by atoms with Gasteiger partial charge in [-0.1, -0.05) is 35.9 Å². The number of nitrogens with zero attached hydrogens (tertiary/aromatic N) is 1. The van der Waals surface area contributed by atoms with Crippen molar-refractivity contribution < 1.29 is 19.4 Å². The molecule has 3 aromatic carbocycles. The number of amides is 2. The predicted octanol–water partition coefficient (Wildman–Crippen LogP) is 3.09. The minimum absolute atomic E-state index is 0.0833. The molecule has 0 fully saturated rings. The number of benzene rings is 3. The number of nitrogens with one attached hydrogen (secondary N) is 2. The molecule has 3 N–H and O–H groups in total. The highest BCUT2D eigenvalue weighted by atomic mass is 35.5. The summed E-state index contributed by atoms with van der Waals surface area (Å²) in [6.45, 7) is -0.0841. The number of carbonyl (C=O) groups is 2. The van der Waals surface area contributed by atoms with E-state index < -0.39 is 5.91 Å². The van der Waals surface area contributed by atoms with Crippen LogP contribution in [-0.2, 0) is 4.79 Å². The van der Waals surface area contributed by atoms with E-state index >= 15 is 0 Å². The van der Waals surface area contributed by atoms with E-state index in [1.807, 2.05) is 24.3 Å². The maximum Gasteiger partial charge on any atom is 0.271 e. The Labute approximate surface area is 171 Å². The van der Waals surface area contributed by atoms with Gasteiger partial charge in [-0.3, -0.25) is 9.59 Å². The van der Waals surface area contributed by atoms with Gasteiger partial charge >= 0.3 is 0 Å². The van der Waals surface area contributed by atoms with Gasteiger partial charge < -0.3 is 15.2 Å². The van der Waals surface area contributed by atoms with Crippen LogP contribution in [0.15, 0.2) is 59.7 Å². The van der Waals surface area contributed by atoms with Gasteiger partial charge in [0.25, 0.3) is 11.8 Å². The van der Waals surface area contributed by atoms with Gasteiger partial charge in [-0.15, -0.1) is 0 Å². The number of phenols is 1. The molecule has 148 valence electrons. The molecule has 0 unspecified atom stereocenters. The number of halogens is 1. The van der Waals surface area contributed by atoms with Crippen LogP contribution in [0.25, 0.3) is 10.8 Å². The maximum absolute atomic E-state index is 12.2. The number of ether oxygens (including phenoxy) is 1. The van der Waals surface area contributed by atoms with E-state index in [4.69, 9.17) is 16.3 Å². The standard InChI is InChI=1S/C21H18ClN3O4/c1-23-20(27)12-29-19-9-7-14(15-4-2-3-5-16(15)19)11-24-25-21(28)13-6-8-18(26)17(22)10-13/h2-11,26H,12H2,1H3,(H,23,27)(H,25,28)/b24-11+. The lowest BCUT2D eigenvalue weighted by Gasteiger charge is -2.10. The minimum Gasteiger partial charge on any atom is -0.506 e. The normalized spacial score (nSPS) is 10.8. The average Bonchev–Trinajstić information content (AvgIpc) is 2.74. The number of aromatic hydroxyl groups is 1. The summed E-state index contributed by atoms with van der Waals surface area (Å²) < 4.78 is 5.59. The molecule has 0 aliphatic carbocycles. The summed E-state index contributed by atoms with van der Waals surface area (Å²) in [4.78, 5) is 23.6. The van der Waals surface area contributed by atoms with Crippen LogP contribution in [0.3, 0.4) is 0 Å². The highest BCUT2D eigenvalue weighted by molar-refractivity contribution is 6.32. The quantitative estimate of drug-likeness (QED) is 0.428. The highest BCUT2D eigenvalue weighted by Crippen LogP contribution is 2.28. The Bertz CT molecular complexity index is 1100. The number of fused-ring (bicyclic) bond motifs is 1. The fraction of sp³-hybridized carbons (Fsp3) is 0.0952. The number of hydrazone groups is 1. The summed E-state index contributed by atoms with van der Waals surface area (Å²) in [6.07, 6.45) is 1.52. The van der Waals surface area contributed by atoms with Gasteiger partial charge in [-0.05, 0) is 35.7 Å². The Kier molecular flexibility index (Phi) is 6.31. The van der Waals surface area contributed by atoms with Crippen LogP contribution in [0.4, 0.5) is 0 Å². The number of carbonyl (C=O) groups excluding carboxylic acids is 2. The van der Waals surface area contributed by atoms with Crippen LogP contribution in [0.1, 0.15) is 15.9 Å². The summed E-state index contributed by atoms with van der Waals surface area (Å²) >= 11 is 5.82. The SMILES string of the molecule is CNC(=O)COc1ccc(/C=N/NC(=O)c2ccc(O)c(Cl)c2)c2ccccc12. The van der Waals surface area contributed by atoms with Crippen molar-refractivity contribution in [3.05, 3.63) is 70.7 Å². The first-order valence-electron chi connectivity index (χ1n) is 8.66. The molecule has 2 amide bonds. The van der Waals surface area contributed by atoms with E-state index in [0.29, 0.717) is 5.75 Å². The molecule has 0 aliphatic rings. The zero-order chi connectivity index (χ0) is 20.8. The van der Waals surface area contributed by atoms with E-state index in [1.54, 1.807) is 19.2 Å². The second kappa shape index (κ2) is 9.07. The van der Waals surface area contributed by atoms with Crippen LogP contribution in [0.2, 0.25) is 5.02 Å². The third-order valence-electron chi connectivity index (χ3n) is 4.13. The Hall–Kier alpha value is -3.58. The van der Waals surface area contributed by atoms with E-state index in [1.165, 1.54) is 24.4 Å². The number of phenolic OH excluding ortho intramolecular Hbond substituents is 1. The first-order chi connectivity index (χ1) is 14.0. The molecule has 3 aromatic rings. The van der Waals surface area contributed by atoms with E-state index in [-0.39, 0.29) is 28.8 Å². The molecule has 0 spiro atoms. The van der Waals surface area contributed by atoms with Crippen LogP contribution < -0.4 is 15.5 Å². The van der Waals surface area contributed by atoms with Gasteiger partial charge in [-0.25, -0.2) is 5.43 Å². The minimum atomic E-state index is -0.460. The lowest BCUT2D eigenvalue weighted by Crippen LogP contribution is -2.24.